The Hall–Kier alpha value is -1.99. The van der Waals surface area contributed by atoms with E-state index in [1.165, 1.54) is 12.1 Å². The standard InChI is InChI=1S/C18H16BrFN2O2S/c19-16-11-13(12-25-16)5-6-17(23)21-7-9-22(10-8-21)18(24)14-3-1-2-4-15(14)20/h1-6,11-12H,7-10H2/b6-5+. The molecule has 1 aromatic heterocycles. The van der Waals surface area contributed by atoms with Gasteiger partial charge in [-0.05, 0) is 51.1 Å². The van der Waals surface area contributed by atoms with E-state index >= 15 is 0 Å². The summed E-state index contributed by atoms with van der Waals surface area (Å²) >= 11 is 4.95. The van der Waals surface area contributed by atoms with Crippen LogP contribution in [0.15, 0.2) is 45.6 Å². The lowest BCUT2D eigenvalue weighted by atomic mass is 10.1. The molecule has 130 valence electrons. The minimum atomic E-state index is -0.518. The minimum absolute atomic E-state index is 0.0743. The van der Waals surface area contributed by atoms with Gasteiger partial charge < -0.3 is 9.80 Å². The van der Waals surface area contributed by atoms with Crippen LogP contribution in [-0.2, 0) is 4.79 Å². The van der Waals surface area contributed by atoms with E-state index in [4.69, 9.17) is 0 Å². The monoisotopic (exact) mass is 422 g/mol. The zero-order chi connectivity index (χ0) is 17.8. The van der Waals surface area contributed by atoms with Crippen LogP contribution in [0, 0.1) is 5.82 Å². The van der Waals surface area contributed by atoms with E-state index in [9.17, 15) is 14.0 Å². The van der Waals surface area contributed by atoms with Crippen molar-refractivity contribution in [3.05, 3.63) is 62.5 Å². The van der Waals surface area contributed by atoms with Crippen molar-refractivity contribution in [1.29, 1.82) is 0 Å². The van der Waals surface area contributed by atoms with E-state index in [1.807, 2.05) is 11.4 Å². The summed E-state index contributed by atoms with van der Waals surface area (Å²) in [5.74, 6) is -0.931. The van der Waals surface area contributed by atoms with Gasteiger partial charge in [-0.3, -0.25) is 9.59 Å². The van der Waals surface area contributed by atoms with Crippen LogP contribution in [0.3, 0.4) is 0 Å². The Morgan fingerprint density at radius 2 is 1.80 bits per heavy atom. The summed E-state index contributed by atoms with van der Waals surface area (Å²) in [4.78, 5) is 27.9. The van der Waals surface area contributed by atoms with Crippen molar-refractivity contribution in [2.24, 2.45) is 0 Å². The Bertz CT molecular complexity index is 813. The van der Waals surface area contributed by atoms with Crippen molar-refractivity contribution >= 4 is 45.2 Å². The molecule has 0 saturated carbocycles. The highest BCUT2D eigenvalue weighted by atomic mass is 79.9. The van der Waals surface area contributed by atoms with Gasteiger partial charge in [-0.25, -0.2) is 4.39 Å². The third-order valence-corrected chi connectivity index (χ3v) is 5.51. The highest BCUT2D eigenvalue weighted by molar-refractivity contribution is 9.11. The molecule has 7 heteroatoms. The number of rotatable bonds is 3. The molecule has 1 aromatic carbocycles. The first-order valence-corrected chi connectivity index (χ1v) is 9.46. The van der Waals surface area contributed by atoms with E-state index in [1.54, 1.807) is 45.4 Å². The smallest absolute Gasteiger partial charge is 0.256 e. The summed E-state index contributed by atoms with van der Waals surface area (Å²) < 4.78 is 14.8. The second kappa shape index (κ2) is 7.93. The van der Waals surface area contributed by atoms with Crippen LogP contribution in [0.1, 0.15) is 15.9 Å². The average Bonchev–Trinajstić information content (AvgIpc) is 3.05. The fourth-order valence-corrected chi connectivity index (χ4v) is 3.76. The van der Waals surface area contributed by atoms with Gasteiger partial charge in [0.2, 0.25) is 5.91 Å². The maximum Gasteiger partial charge on any atom is 0.256 e. The van der Waals surface area contributed by atoms with Crippen molar-refractivity contribution < 1.29 is 14.0 Å². The predicted octanol–water partition coefficient (Wildman–Crippen LogP) is 3.65. The molecule has 4 nitrogen and oxygen atoms in total. The molecular formula is C18H16BrFN2O2S. The molecule has 1 aliphatic rings. The van der Waals surface area contributed by atoms with Gasteiger partial charge in [0, 0.05) is 32.3 Å². The number of hydrogen-bond donors (Lipinski definition) is 0. The molecule has 0 spiro atoms. The van der Waals surface area contributed by atoms with Crippen molar-refractivity contribution in [2.45, 2.75) is 0 Å². The summed E-state index contributed by atoms with van der Waals surface area (Å²) in [6, 6.07) is 7.90. The maximum absolute atomic E-state index is 13.7. The molecule has 0 aliphatic carbocycles. The van der Waals surface area contributed by atoms with Gasteiger partial charge in [-0.15, -0.1) is 11.3 Å². The number of amides is 2. The van der Waals surface area contributed by atoms with Crippen LogP contribution >= 0.6 is 27.3 Å². The van der Waals surface area contributed by atoms with Crippen LogP contribution in [0.25, 0.3) is 6.08 Å². The third kappa shape index (κ3) is 4.35. The molecule has 0 radical (unpaired) electrons. The summed E-state index contributed by atoms with van der Waals surface area (Å²) in [7, 11) is 0. The average molecular weight is 423 g/mol. The zero-order valence-electron chi connectivity index (χ0n) is 13.3. The Kier molecular flexibility index (Phi) is 5.65. The number of hydrogen-bond acceptors (Lipinski definition) is 3. The first-order valence-electron chi connectivity index (χ1n) is 7.79. The molecular weight excluding hydrogens is 407 g/mol. The first kappa shape index (κ1) is 17.8. The summed E-state index contributed by atoms with van der Waals surface area (Å²) in [6.45, 7) is 1.68. The second-order valence-corrected chi connectivity index (χ2v) is 7.91. The van der Waals surface area contributed by atoms with Crippen LogP contribution < -0.4 is 0 Å². The van der Waals surface area contributed by atoms with Crippen molar-refractivity contribution in [3.8, 4) is 0 Å². The van der Waals surface area contributed by atoms with E-state index in [0.29, 0.717) is 26.2 Å². The maximum atomic E-state index is 13.7. The Morgan fingerprint density at radius 3 is 2.44 bits per heavy atom. The number of benzene rings is 1. The second-order valence-electron chi connectivity index (χ2n) is 5.61. The molecule has 1 saturated heterocycles. The highest BCUT2D eigenvalue weighted by Crippen LogP contribution is 2.21. The van der Waals surface area contributed by atoms with Gasteiger partial charge in [-0.1, -0.05) is 12.1 Å². The van der Waals surface area contributed by atoms with Crippen LogP contribution in [-0.4, -0.2) is 47.8 Å². The molecule has 3 rings (SSSR count). The van der Waals surface area contributed by atoms with Gasteiger partial charge in [-0.2, -0.15) is 0 Å². The number of thiophene rings is 1. The van der Waals surface area contributed by atoms with E-state index in [0.717, 1.165) is 9.35 Å². The molecule has 2 heterocycles. The van der Waals surface area contributed by atoms with Gasteiger partial charge in [0.15, 0.2) is 0 Å². The molecule has 1 fully saturated rings. The van der Waals surface area contributed by atoms with Gasteiger partial charge in [0.25, 0.3) is 5.91 Å². The lowest BCUT2D eigenvalue weighted by molar-refractivity contribution is -0.127. The van der Waals surface area contributed by atoms with Gasteiger partial charge >= 0.3 is 0 Å². The number of nitrogens with zero attached hydrogens (tertiary/aromatic N) is 2. The number of carbonyl (C=O) groups is 2. The molecule has 0 bridgehead atoms. The predicted molar refractivity (Wildman–Crippen MR) is 99.9 cm³/mol. The van der Waals surface area contributed by atoms with Crippen molar-refractivity contribution in [3.63, 3.8) is 0 Å². The molecule has 2 aromatic rings. The number of piperazine rings is 1. The molecule has 0 atom stereocenters. The van der Waals surface area contributed by atoms with Crippen LogP contribution in [0.4, 0.5) is 4.39 Å². The topological polar surface area (TPSA) is 40.6 Å². The fraction of sp³-hybridized carbons (Fsp3) is 0.222. The number of halogens is 2. The molecule has 25 heavy (non-hydrogen) atoms. The quantitative estimate of drug-likeness (QED) is 0.708. The lowest BCUT2D eigenvalue weighted by Gasteiger charge is -2.34. The third-order valence-electron chi connectivity index (χ3n) is 3.99. The molecule has 1 aliphatic heterocycles. The summed E-state index contributed by atoms with van der Waals surface area (Å²) in [5, 5.41) is 1.96. The molecule has 0 N–H and O–H groups in total. The van der Waals surface area contributed by atoms with Crippen molar-refractivity contribution in [1.82, 2.24) is 9.80 Å². The lowest BCUT2D eigenvalue weighted by Crippen LogP contribution is -2.50. The van der Waals surface area contributed by atoms with Crippen LogP contribution in [0.2, 0.25) is 0 Å². The Labute approximate surface area is 157 Å². The highest BCUT2D eigenvalue weighted by Gasteiger charge is 2.25. The zero-order valence-corrected chi connectivity index (χ0v) is 15.7. The SMILES string of the molecule is O=C(/C=C/c1csc(Br)c1)N1CCN(C(=O)c2ccccc2F)CC1. The molecule has 0 unspecified atom stereocenters. The number of carbonyl (C=O) groups excluding carboxylic acids is 2. The van der Waals surface area contributed by atoms with Gasteiger partial charge in [0.1, 0.15) is 5.82 Å². The summed E-state index contributed by atoms with van der Waals surface area (Å²) in [5.41, 5.74) is 1.05. The first-order chi connectivity index (χ1) is 12.0. The van der Waals surface area contributed by atoms with Gasteiger partial charge in [0.05, 0.1) is 9.35 Å². The Balaban J connectivity index is 1.56. The normalized spacial score (nSPS) is 15.0. The summed E-state index contributed by atoms with van der Waals surface area (Å²) in [6.07, 6.45) is 3.32. The van der Waals surface area contributed by atoms with Crippen LogP contribution in [0.5, 0.6) is 0 Å². The van der Waals surface area contributed by atoms with Crippen molar-refractivity contribution in [2.75, 3.05) is 26.2 Å². The largest absolute Gasteiger partial charge is 0.336 e. The fourth-order valence-electron chi connectivity index (χ4n) is 2.62. The van der Waals surface area contributed by atoms with E-state index in [2.05, 4.69) is 15.9 Å². The Morgan fingerprint density at radius 1 is 1.12 bits per heavy atom. The molecule has 2 amide bonds. The minimum Gasteiger partial charge on any atom is -0.336 e. The van der Waals surface area contributed by atoms with E-state index in [-0.39, 0.29) is 17.4 Å². The van der Waals surface area contributed by atoms with E-state index < -0.39 is 5.82 Å².